The Morgan fingerprint density at radius 1 is 1.14 bits per heavy atom. The summed E-state index contributed by atoms with van der Waals surface area (Å²) in [5.41, 5.74) is 2.90. The maximum absolute atomic E-state index is 13.6. The minimum absolute atomic E-state index is 0.0138. The standard InChI is InChI=1S/C26H27NO10/c1-10(28)26(34)7-12-19(16(8-26)37-17-6-13(27)14(29)9-36-17)25(33)21-20(23(12)31)22(30)11-4-3-5-15(35-2)18(11)24(21)32/h3-5,13-14,16-17,29,31,33-34H,6-9,27H2,1-2H3/t13-,14+,16-,17-,26-/m0/s1. The minimum atomic E-state index is -1.99. The molecule has 11 heteroatoms. The number of nitrogens with two attached hydrogens (primary N) is 1. The fourth-order valence-electron chi connectivity index (χ4n) is 5.36. The van der Waals surface area contributed by atoms with Crippen molar-refractivity contribution in [1.82, 2.24) is 0 Å². The second kappa shape index (κ2) is 8.89. The number of ether oxygens (including phenoxy) is 3. The molecule has 0 amide bonds. The van der Waals surface area contributed by atoms with Crippen LogP contribution in [0.1, 0.15) is 68.8 Å². The van der Waals surface area contributed by atoms with E-state index in [0.29, 0.717) is 0 Å². The van der Waals surface area contributed by atoms with Crippen LogP contribution in [0.15, 0.2) is 18.2 Å². The number of Topliss-reactive ketones (excluding diaryl/α,β-unsaturated/α-hetero) is 1. The van der Waals surface area contributed by atoms with E-state index in [1.165, 1.54) is 32.2 Å². The number of methoxy groups -OCH3 is 1. The number of carbonyl (C=O) groups is 3. The topological polar surface area (TPSA) is 186 Å². The highest BCUT2D eigenvalue weighted by Gasteiger charge is 2.49. The van der Waals surface area contributed by atoms with Crippen LogP contribution in [0.2, 0.25) is 0 Å². The highest BCUT2D eigenvalue weighted by Crippen LogP contribution is 2.52. The van der Waals surface area contributed by atoms with Gasteiger partial charge in [-0.1, -0.05) is 12.1 Å². The van der Waals surface area contributed by atoms with Gasteiger partial charge < -0.3 is 40.4 Å². The van der Waals surface area contributed by atoms with Crippen molar-refractivity contribution in [3.05, 3.63) is 51.6 Å². The van der Waals surface area contributed by atoms with Crippen LogP contribution in [-0.4, -0.2) is 75.5 Å². The maximum atomic E-state index is 13.6. The Hall–Kier alpha value is -3.35. The number of fused-ring (bicyclic) bond motifs is 3. The van der Waals surface area contributed by atoms with E-state index < -0.39 is 76.5 Å². The summed E-state index contributed by atoms with van der Waals surface area (Å²) < 4.78 is 16.8. The number of phenols is 2. The molecule has 0 bridgehead atoms. The van der Waals surface area contributed by atoms with Gasteiger partial charge in [-0.15, -0.1) is 0 Å². The third-order valence-corrected chi connectivity index (χ3v) is 7.46. The third-order valence-electron chi connectivity index (χ3n) is 7.46. The summed E-state index contributed by atoms with van der Waals surface area (Å²) in [5.74, 6) is -3.17. The Kier molecular flexibility index (Phi) is 6.08. The lowest BCUT2D eigenvalue weighted by Crippen LogP contribution is -2.49. The van der Waals surface area contributed by atoms with Gasteiger partial charge in [0.2, 0.25) is 5.78 Å². The molecule has 0 spiro atoms. The molecule has 2 aliphatic carbocycles. The number of aromatic hydroxyl groups is 2. The molecule has 2 aromatic carbocycles. The van der Waals surface area contributed by atoms with E-state index in [1.807, 2.05) is 0 Å². The number of benzene rings is 2. The molecule has 37 heavy (non-hydrogen) atoms. The lowest BCUT2D eigenvalue weighted by Gasteiger charge is -2.40. The van der Waals surface area contributed by atoms with Gasteiger partial charge in [-0.05, 0) is 13.0 Å². The van der Waals surface area contributed by atoms with Gasteiger partial charge in [-0.3, -0.25) is 14.4 Å². The molecule has 1 heterocycles. The number of hydrogen-bond donors (Lipinski definition) is 5. The minimum Gasteiger partial charge on any atom is -0.507 e. The molecule has 1 aliphatic heterocycles. The predicted octanol–water partition coefficient (Wildman–Crippen LogP) is 0.640. The molecule has 5 atom stereocenters. The molecule has 1 fully saturated rings. The van der Waals surface area contributed by atoms with Crippen LogP contribution < -0.4 is 10.5 Å². The Morgan fingerprint density at radius 2 is 1.84 bits per heavy atom. The number of aliphatic hydroxyl groups is 2. The highest BCUT2D eigenvalue weighted by atomic mass is 16.7. The van der Waals surface area contributed by atoms with E-state index in [1.54, 1.807) is 0 Å². The second-order valence-corrected chi connectivity index (χ2v) is 9.70. The summed E-state index contributed by atoms with van der Waals surface area (Å²) in [5, 5.41) is 43.7. The second-order valence-electron chi connectivity index (χ2n) is 9.70. The lowest BCUT2D eigenvalue weighted by molar-refractivity contribution is -0.223. The summed E-state index contributed by atoms with van der Waals surface area (Å²) in [6.07, 6.45) is -3.76. The summed E-state index contributed by atoms with van der Waals surface area (Å²) in [6.45, 7) is 1.06. The largest absolute Gasteiger partial charge is 0.507 e. The van der Waals surface area contributed by atoms with E-state index in [0.717, 1.165) is 0 Å². The first-order valence-corrected chi connectivity index (χ1v) is 11.8. The van der Waals surface area contributed by atoms with Crippen LogP contribution in [-0.2, 0) is 20.7 Å². The number of rotatable bonds is 4. The van der Waals surface area contributed by atoms with Gasteiger partial charge in [0.15, 0.2) is 17.9 Å². The van der Waals surface area contributed by atoms with Crippen LogP contribution in [0.5, 0.6) is 17.2 Å². The number of phenolic OH excluding ortho intramolecular Hbond substituents is 2. The van der Waals surface area contributed by atoms with Gasteiger partial charge in [0.05, 0.1) is 42.6 Å². The zero-order valence-electron chi connectivity index (χ0n) is 20.2. The van der Waals surface area contributed by atoms with Crippen molar-refractivity contribution in [3.8, 4) is 17.2 Å². The molecule has 3 aliphatic rings. The summed E-state index contributed by atoms with van der Waals surface area (Å²) >= 11 is 0. The van der Waals surface area contributed by atoms with Gasteiger partial charge in [-0.2, -0.15) is 0 Å². The SMILES string of the molecule is COc1cccc2c1C(=O)c1c(O)c3c(c(O)c1C2=O)C[C@@](O)(C(C)=O)C[C@@H]3O[C@H]1C[C@H](N)[C@H](O)CO1. The van der Waals surface area contributed by atoms with Crippen molar-refractivity contribution < 1.29 is 49.0 Å². The van der Waals surface area contributed by atoms with Gasteiger partial charge in [0.1, 0.15) is 22.8 Å². The third kappa shape index (κ3) is 3.82. The smallest absolute Gasteiger partial charge is 0.202 e. The molecule has 1 saturated heterocycles. The van der Waals surface area contributed by atoms with Gasteiger partial charge in [0, 0.05) is 42.0 Å². The van der Waals surface area contributed by atoms with E-state index in [-0.39, 0.29) is 47.5 Å². The van der Waals surface area contributed by atoms with Gasteiger partial charge in [0.25, 0.3) is 0 Å². The normalized spacial score (nSPS) is 28.8. The van der Waals surface area contributed by atoms with Crippen LogP contribution in [0.25, 0.3) is 0 Å². The molecule has 196 valence electrons. The first-order valence-electron chi connectivity index (χ1n) is 11.8. The highest BCUT2D eigenvalue weighted by molar-refractivity contribution is 6.31. The predicted molar refractivity (Wildman–Crippen MR) is 126 cm³/mol. The summed E-state index contributed by atoms with van der Waals surface area (Å²) in [7, 11) is 1.34. The van der Waals surface area contributed by atoms with Crippen molar-refractivity contribution in [3.63, 3.8) is 0 Å². The van der Waals surface area contributed by atoms with Crippen molar-refractivity contribution in [2.75, 3.05) is 13.7 Å². The quantitative estimate of drug-likeness (QED) is 0.308. The number of ketones is 3. The number of aliphatic hydroxyl groups excluding tert-OH is 1. The van der Waals surface area contributed by atoms with Crippen molar-refractivity contribution in [1.29, 1.82) is 0 Å². The number of hydrogen-bond acceptors (Lipinski definition) is 11. The summed E-state index contributed by atoms with van der Waals surface area (Å²) in [6, 6.07) is 3.77. The Balaban J connectivity index is 1.69. The molecule has 6 N–H and O–H groups in total. The zero-order chi connectivity index (χ0) is 26.8. The first-order chi connectivity index (χ1) is 17.5. The van der Waals surface area contributed by atoms with Crippen LogP contribution in [0.4, 0.5) is 0 Å². The fraction of sp³-hybridized carbons (Fsp3) is 0.423. The number of carbonyl (C=O) groups excluding carboxylic acids is 3. The van der Waals surface area contributed by atoms with Crippen molar-refractivity contribution in [2.24, 2.45) is 5.73 Å². The first kappa shape index (κ1) is 25.3. The average Bonchev–Trinajstić information content (AvgIpc) is 2.86. The molecule has 0 saturated carbocycles. The van der Waals surface area contributed by atoms with Crippen LogP contribution >= 0.6 is 0 Å². The zero-order valence-corrected chi connectivity index (χ0v) is 20.2. The molecule has 11 nitrogen and oxygen atoms in total. The monoisotopic (exact) mass is 513 g/mol. The van der Waals surface area contributed by atoms with E-state index in [2.05, 4.69) is 0 Å². The molecule has 0 unspecified atom stereocenters. The Bertz CT molecular complexity index is 1340. The van der Waals surface area contributed by atoms with Crippen molar-refractivity contribution in [2.45, 2.75) is 56.3 Å². The van der Waals surface area contributed by atoms with E-state index in [4.69, 9.17) is 19.9 Å². The molecule has 0 aromatic heterocycles. The lowest BCUT2D eigenvalue weighted by atomic mass is 9.72. The molecule has 2 aromatic rings. The van der Waals surface area contributed by atoms with Crippen molar-refractivity contribution >= 4 is 17.3 Å². The Labute approximate surface area is 211 Å². The molecular formula is C26H27NO10. The maximum Gasteiger partial charge on any atom is 0.202 e. The van der Waals surface area contributed by atoms with E-state index in [9.17, 15) is 34.8 Å². The van der Waals surface area contributed by atoms with Crippen LogP contribution in [0, 0.1) is 0 Å². The fourth-order valence-corrected chi connectivity index (χ4v) is 5.36. The van der Waals surface area contributed by atoms with E-state index >= 15 is 0 Å². The van der Waals surface area contributed by atoms with Gasteiger partial charge >= 0.3 is 0 Å². The Morgan fingerprint density at radius 3 is 2.49 bits per heavy atom. The average molecular weight is 513 g/mol. The molecule has 0 radical (unpaired) electrons. The molecular weight excluding hydrogens is 486 g/mol. The molecule has 5 rings (SSSR count). The van der Waals surface area contributed by atoms with Gasteiger partial charge in [-0.25, -0.2) is 0 Å². The summed E-state index contributed by atoms with van der Waals surface area (Å²) in [4.78, 5) is 39.5. The van der Waals surface area contributed by atoms with Crippen LogP contribution in [0.3, 0.4) is 0 Å².